The molecule has 3 nitrogen and oxygen atoms in total. The molecule has 3 heteroatoms. The summed E-state index contributed by atoms with van der Waals surface area (Å²) in [5, 5.41) is 0. The molecule has 3 rings (SSSR count). The predicted octanol–water partition coefficient (Wildman–Crippen LogP) is 3.87. The number of pyridine rings is 1. The van der Waals surface area contributed by atoms with Gasteiger partial charge in [-0.2, -0.15) is 0 Å². The first kappa shape index (κ1) is 17.5. The number of rotatable bonds is 4. The molecule has 124 valence electrons. The van der Waals surface area contributed by atoms with E-state index in [1.54, 1.807) is 0 Å². The van der Waals surface area contributed by atoms with Gasteiger partial charge >= 0.3 is 0 Å². The van der Waals surface area contributed by atoms with Crippen LogP contribution >= 0.6 is 0 Å². The van der Waals surface area contributed by atoms with Crippen LogP contribution in [0.15, 0.2) is 36.4 Å². The zero-order valence-corrected chi connectivity index (χ0v) is 14.7. The van der Waals surface area contributed by atoms with Gasteiger partial charge < -0.3 is 10.6 Å². The molecule has 0 radical (unpaired) electrons. The minimum absolute atomic E-state index is 0.656. The number of nitrogens with zero attached hydrogens (tertiary/aromatic N) is 2. The predicted molar refractivity (Wildman–Crippen MR) is 98.9 cm³/mol. The number of nitrogens with two attached hydrogens (primary N) is 1. The van der Waals surface area contributed by atoms with Crippen LogP contribution in [0.2, 0.25) is 0 Å². The third-order valence-corrected chi connectivity index (χ3v) is 4.08. The van der Waals surface area contributed by atoms with Crippen molar-refractivity contribution in [2.24, 2.45) is 5.73 Å². The third-order valence-electron chi connectivity index (χ3n) is 4.08. The number of aromatic nitrogens is 1. The van der Waals surface area contributed by atoms with Crippen molar-refractivity contribution in [1.29, 1.82) is 0 Å². The van der Waals surface area contributed by atoms with E-state index in [0.29, 0.717) is 6.54 Å². The van der Waals surface area contributed by atoms with E-state index in [2.05, 4.69) is 48.2 Å². The molecule has 23 heavy (non-hydrogen) atoms. The average molecular weight is 311 g/mol. The lowest BCUT2D eigenvalue weighted by atomic mass is 10.0. The molecular formula is C20H29N3. The first-order chi connectivity index (χ1) is 11.3. The second-order valence-electron chi connectivity index (χ2n) is 5.83. The number of hydrogen-bond donors (Lipinski definition) is 1. The topological polar surface area (TPSA) is 42.1 Å². The van der Waals surface area contributed by atoms with E-state index < -0.39 is 0 Å². The molecule has 0 aliphatic carbocycles. The molecule has 0 amide bonds. The standard InChI is InChI=1S/C18H23N3.C2H6/c1-14-4-6-15(7-5-14)13-21-12-2-3-16-8-9-17(10-11-19)20-18(16)21;1-2/h4-9H,2-3,10-13,19H2,1H3;1-2H3. The zero-order valence-electron chi connectivity index (χ0n) is 14.7. The van der Waals surface area contributed by atoms with Crippen LogP contribution in [0, 0.1) is 6.92 Å². The number of aryl methyl sites for hydroxylation is 2. The van der Waals surface area contributed by atoms with Gasteiger partial charge in [0.25, 0.3) is 0 Å². The summed E-state index contributed by atoms with van der Waals surface area (Å²) >= 11 is 0. The molecule has 1 aliphatic heterocycles. The van der Waals surface area contributed by atoms with Crippen molar-refractivity contribution in [2.45, 2.75) is 46.6 Å². The number of benzene rings is 1. The maximum absolute atomic E-state index is 5.66. The van der Waals surface area contributed by atoms with Gasteiger partial charge in [-0.25, -0.2) is 4.98 Å². The molecule has 1 aromatic heterocycles. The molecule has 0 saturated carbocycles. The van der Waals surface area contributed by atoms with Crippen LogP contribution in [0.1, 0.15) is 42.7 Å². The normalized spacial score (nSPS) is 13.1. The lowest BCUT2D eigenvalue weighted by molar-refractivity contribution is 0.674. The Bertz CT molecular complexity index is 605. The maximum Gasteiger partial charge on any atom is 0.132 e. The second kappa shape index (κ2) is 8.68. The second-order valence-corrected chi connectivity index (χ2v) is 5.83. The first-order valence-electron chi connectivity index (χ1n) is 8.75. The van der Waals surface area contributed by atoms with Crippen LogP contribution in [0.3, 0.4) is 0 Å². The van der Waals surface area contributed by atoms with Gasteiger partial charge in [0.1, 0.15) is 5.82 Å². The molecule has 1 aromatic carbocycles. The van der Waals surface area contributed by atoms with Gasteiger partial charge in [-0.05, 0) is 43.5 Å². The quantitative estimate of drug-likeness (QED) is 0.932. The third kappa shape index (κ3) is 4.55. The molecule has 0 saturated heterocycles. The highest BCUT2D eigenvalue weighted by Gasteiger charge is 2.18. The SMILES string of the molecule is CC.Cc1ccc(CN2CCCc3ccc(CCN)nc32)cc1. The van der Waals surface area contributed by atoms with E-state index in [1.165, 1.54) is 23.1 Å². The van der Waals surface area contributed by atoms with Crippen molar-refractivity contribution in [3.63, 3.8) is 0 Å². The van der Waals surface area contributed by atoms with Crippen molar-refractivity contribution in [2.75, 3.05) is 18.0 Å². The number of fused-ring (bicyclic) bond motifs is 1. The summed E-state index contributed by atoms with van der Waals surface area (Å²) in [7, 11) is 0. The van der Waals surface area contributed by atoms with Gasteiger partial charge in [0.05, 0.1) is 0 Å². The highest BCUT2D eigenvalue weighted by atomic mass is 15.2. The van der Waals surface area contributed by atoms with Gasteiger partial charge in [-0.3, -0.25) is 0 Å². The van der Waals surface area contributed by atoms with Crippen LogP contribution < -0.4 is 10.6 Å². The van der Waals surface area contributed by atoms with Crippen molar-refractivity contribution in [3.8, 4) is 0 Å². The van der Waals surface area contributed by atoms with Crippen LogP contribution in [-0.2, 0) is 19.4 Å². The highest BCUT2D eigenvalue weighted by molar-refractivity contribution is 5.50. The molecule has 0 bridgehead atoms. The molecule has 2 aromatic rings. The van der Waals surface area contributed by atoms with Crippen LogP contribution in [0.25, 0.3) is 0 Å². The van der Waals surface area contributed by atoms with Gasteiger partial charge in [0, 0.05) is 25.2 Å². The lowest BCUT2D eigenvalue weighted by Crippen LogP contribution is -2.30. The molecule has 2 heterocycles. The zero-order chi connectivity index (χ0) is 16.7. The summed E-state index contributed by atoms with van der Waals surface area (Å²) in [5.74, 6) is 1.16. The van der Waals surface area contributed by atoms with Crippen LogP contribution in [-0.4, -0.2) is 18.1 Å². The average Bonchev–Trinajstić information content (AvgIpc) is 2.59. The van der Waals surface area contributed by atoms with Crippen molar-refractivity contribution >= 4 is 5.82 Å². The lowest BCUT2D eigenvalue weighted by Gasteiger charge is -2.30. The molecular weight excluding hydrogens is 282 g/mol. The summed E-state index contributed by atoms with van der Waals surface area (Å²) < 4.78 is 0. The summed E-state index contributed by atoms with van der Waals surface area (Å²) in [6.07, 6.45) is 3.19. The van der Waals surface area contributed by atoms with Gasteiger partial charge in [0.15, 0.2) is 0 Å². The van der Waals surface area contributed by atoms with Crippen molar-refractivity contribution in [1.82, 2.24) is 4.98 Å². The van der Waals surface area contributed by atoms with Crippen LogP contribution in [0.4, 0.5) is 5.82 Å². The summed E-state index contributed by atoms with van der Waals surface area (Å²) in [4.78, 5) is 7.25. The Morgan fingerprint density at radius 3 is 2.52 bits per heavy atom. The fourth-order valence-corrected chi connectivity index (χ4v) is 2.91. The Morgan fingerprint density at radius 1 is 1.09 bits per heavy atom. The van der Waals surface area contributed by atoms with Crippen molar-refractivity contribution < 1.29 is 0 Å². The maximum atomic E-state index is 5.66. The molecule has 0 fully saturated rings. The summed E-state index contributed by atoms with van der Waals surface area (Å²) in [5.41, 5.74) is 10.8. The first-order valence-corrected chi connectivity index (χ1v) is 8.75. The Morgan fingerprint density at radius 2 is 1.83 bits per heavy atom. The summed E-state index contributed by atoms with van der Waals surface area (Å²) in [6.45, 7) is 8.80. The summed E-state index contributed by atoms with van der Waals surface area (Å²) in [6, 6.07) is 13.1. The fourth-order valence-electron chi connectivity index (χ4n) is 2.91. The van der Waals surface area contributed by atoms with E-state index in [9.17, 15) is 0 Å². The van der Waals surface area contributed by atoms with E-state index in [0.717, 1.165) is 37.4 Å². The van der Waals surface area contributed by atoms with Gasteiger partial charge in [-0.15, -0.1) is 0 Å². The van der Waals surface area contributed by atoms with Gasteiger partial charge in [0.2, 0.25) is 0 Å². The molecule has 0 atom stereocenters. The van der Waals surface area contributed by atoms with E-state index >= 15 is 0 Å². The Balaban J connectivity index is 0.000000924. The minimum atomic E-state index is 0.656. The molecule has 2 N–H and O–H groups in total. The monoisotopic (exact) mass is 311 g/mol. The Labute approximate surface area is 140 Å². The highest BCUT2D eigenvalue weighted by Crippen LogP contribution is 2.27. The molecule has 1 aliphatic rings. The Kier molecular flexibility index (Phi) is 6.60. The fraction of sp³-hybridized carbons (Fsp3) is 0.450. The molecule has 0 spiro atoms. The van der Waals surface area contributed by atoms with E-state index in [4.69, 9.17) is 10.7 Å². The smallest absolute Gasteiger partial charge is 0.132 e. The van der Waals surface area contributed by atoms with Gasteiger partial charge in [-0.1, -0.05) is 49.7 Å². The largest absolute Gasteiger partial charge is 0.352 e. The number of hydrogen-bond acceptors (Lipinski definition) is 3. The van der Waals surface area contributed by atoms with Crippen molar-refractivity contribution in [3.05, 3.63) is 58.8 Å². The number of anilines is 1. The van der Waals surface area contributed by atoms with E-state index in [1.807, 2.05) is 13.8 Å². The van der Waals surface area contributed by atoms with Crippen LogP contribution in [0.5, 0.6) is 0 Å². The molecule has 0 unspecified atom stereocenters. The Hall–Kier alpha value is -1.87. The van der Waals surface area contributed by atoms with E-state index in [-0.39, 0.29) is 0 Å². The minimum Gasteiger partial charge on any atom is -0.352 e.